The van der Waals surface area contributed by atoms with Gasteiger partial charge in [0.1, 0.15) is 5.75 Å². The van der Waals surface area contributed by atoms with Gasteiger partial charge in [0.2, 0.25) is 0 Å². The van der Waals surface area contributed by atoms with E-state index in [1.807, 2.05) is 47.2 Å². The molecule has 0 aromatic heterocycles. The first kappa shape index (κ1) is 29.2. The van der Waals surface area contributed by atoms with Gasteiger partial charge in [-0.1, -0.05) is 80.1 Å². The van der Waals surface area contributed by atoms with Gasteiger partial charge in [0, 0.05) is 20.1 Å². The van der Waals surface area contributed by atoms with Crippen LogP contribution in [-0.2, 0) is 24.2 Å². The molecule has 1 atom stereocenters. The second kappa shape index (κ2) is 13.0. The van der Waals surface area contributed by atoms with Crippen molar-refractivity contribution < 1.29 is 19.4 Å². The maximum Gasteiger partial charge on any atom is 0.347 e. The molecular formula is C34H42N2O4. The molecule has 0 radical (unpaired) electrons. The molecule has 0 unspecified atom stereocenters. The van der Waals surface area contributed by atoms with Crippen molar-refractivity contribution in [2.45, 2.75) is 77.5 Å². The quantitative estimate of drug-likeness (QED) is 0.248. The highest BCUT2D eigenvalue weighted by Crippen LogP contribution is 2.28. The molecule has 212 valence electrons. The number of unbranched alkanes of at least 4 members (excludes halogenated alkanes) is 1. The van der Waals surface area contributed by atoms with Gasteiger partial charge in [0.15, 0.2) is 5.60 Å². The molecule has 1 fully saturated rings. The van der Waals surface area contributed by atoms with E-state index in [0.717, 1.165) is 56.2 Å². The number of aliphatic carboxylic acids is 1. The lowest BCUT2D eigenvalue weighted by molar-refractivity contribution is -0.152. The average Bonchev–Trinajstić information content (AvgIpc) is 3.21. The van der Waals surface area contributed by atoms with E-state index in [1.54, 1.807) is 13.8 Å². The standard InChI is InChI=1S/C34H42N2O4/c1-5-6-12-29-22-25(18-21-31(29)40-34(2,3)32(37)38)11-10-15-30-24-36(33(39)35(30)4)23-26-16-19-28(20-17-26)27-13-8-7-9-14-27/h7-9,13-14,16-22,30H,5-6,10-12,15,23-24H2,1-4H3,(H,37,38)/t30-/m0/s1. The number of benzene rings is 3. The van der Waals surface area contributed by atoms with E-state index >= 15 is 0 Å². The summed E-state index contributed by atoms with van der Waals surface area (Å²) in [6.07, 6.45) is 5.74. The number of likely N-dealkylation sites (N-methyl/N-ethyl adjacent to an activating group) is 1. The van der Waals surface area contributed by atoms with Crippen LogP contribution in [0.1, 0.15) is 63.1 Å². The molecule has 3 aromatic rings. The number of urea groups is 1. The minimum Gasteiger partial charge on any atom is -0.478 e. The van der Waals surface area contributed by atoms with Gasteiger partial charge in [-0.25, -0.2) is 9.59 Å². The van der Waals surface area contributed by atoms with E-state index in [4.69, 9.17) is 4.74 Å². The highest BCUT2D eigenvalue weighted by molar-refractivity contribution is 5.77. The number of amides is 2. The highest BCUT2D eigenvalue weighted by Gasteiger charge is 2.34. The van der Waals surface area contributed by atoms with Crippen LogP contribution in [-0.4, -0.2) is 52.1 Å². The molecule has 2 amide bonds. The Morgan fingerprint density at radius 1 is 0.950 bits per heavy atom. The minimum absolute atomic E-state index is 0.0848. The maximum absolute atomic E-state index is 13.0. The highest BCUT2D eigenvalue weighted by atomic mass is 16.5. The van der Waals surface area contributed by atoms with Crippen molar-refractivity contribution in [1.82, 2.24) is 9.80 Å². The monoisotopic (exact) mass is 542 g/mol. The predicted molar refractivity (Wildman–Crippen MR) is 160 cm³/mol. The first-order chi connectivity index (χ1) is 19.2. The first-order valence-electron chi connectivity index (χ1n) is 14.4. The van der Waals surface area contributed by atoms with Crippen molar-refractivity contribution in [2.75, 3.05) is 13.6 Å². The molecule has 40 heavy (non-hydrogen) atoms. The molecule has 3 aromatic carbocycles. The van der Waals surface area contributed by atoms with Crippen molar-refractivity contribution >= 4 is 12.0 Å². The molecule has 0 aliphatic carbocycles. The lowest BCUT2D eigenvalue weighted by Crippen LogP contribution is -2.38. The van der Waals surface area contributed by atoms with E-state index in [9.17, 15) is 14.7 Å². The number of hydrogen-bond donors (Lipinski definition) is 1. The number of carbonyl (C=O) groups excluding carboxylic acids is 1. The van der Waals surface area contributed by atoms with E-state index in [0.29, 0.717) is 12.3 Å². The number of carboxylic acid groups (broad SMARTS) is 1. The van der Waals surface area contributed by atoms with Crippen molar-refractivity contribution in [3.8, 4) is 16.9 Å². The molecular weight excluding hydrogens is 500 g/mol. The lowest BCUT2D eigenvalue weighted by atomic mass is 9.99. The number of carbonyl (C=O) groups is 2. The van der Waals surface area contributed by atoms with Crippen molar-refractivity contribution in [2.24, 2.45) is 0 Å². The fourth-order valence-corrected chi connectivity index (χ4v) is 5.22. The minimum atomic E-state index is -1.28. The van der Waals surface area contributed by atoms with Crippen molar-refractivity contribution in [3.05, 3.63) is 89.5 Å². The SMILES string of the molecule is CCCCc1cc(CCC[C@H]2CN(Cc3ccc(-c4ccccc4)cc3)C(=O)N2C)ccc1OC(C)(C)C(=O)O. The van der Waals surface area contributed by atoms with Gasteiger partial charge in [-0.05, 0) is 79.8 Å². The molecule has 1 aliphatic heterocycles. The third-order valence-electron chi connectivity index (χ3n) is 7.79. The summed E-state index contributed by atoms with van der Waals surface area (Å²) in [5.74, 6) is -0.329. The zero-order valence-electron chi connectivity index (χ0n) is 24.2. The van der Waals surface area contributed by atoms with Crippen LogP contribution in [0, 0.1) is 0 Å². The van der Waals surface area contributed by atoms with Gasteiger partial charge in [-0.3, -0.25) is 0 Å². The second-order valence-electron chi connectivity index (χ2n) is 11.3. The fourth-order valence-electron chi connectivity index (χ4n) is 5.22. The van der Waals surface area contributed by atoms with Crippen LogP contribution in [0.4, 0.5) is 4.79 Å². The van der Waals surface area contributed by atoms with Gasteiger partial charge in [-0.15, -0.1) is 0 Å². The maximum atomic E-state index is 13.0. The Balaban J connectivity index is 1.33. The van der Waals surface area contributed by atoms with E-state index in [-0.39, 0.29) is 12.1 Å². The molecule has 4 rings (SSSR count). The molecule has 1 saturated heterocycles. The summed E-state index contributed by atoms with van der Waals surface area (Å²) in [7, 11) is 1.91. The number of hydrogen-bond acceptors (Lipinski definition) is 3. The van der Waals surface area contributed by atoms with Crippen LogP contribution >= 0.6 is 0 Å². The number of ether oxygens (including phenoxy) is 1. The zero-order valence-corrected chi connectivity index (χ0v) is 24.2. The van der Waals surface area contributed by atoms with Gasteiger partial charge in [-0.2, -0.15) is 0 Å². The topological polar surface area (TPSA) is 70.1 Å². The Kier molecular flexibility index (Phi) is 9.51. The molecule has 1 heterocycles. The summed E-state index contributed by atoms with van der Waals surface area (Å²) in [6.45, 7) is 6.65. The van der Waals surface area contributed by atoms with E-state index < -0.39 is 11.6 Å². The molecule has 1 N–H and O–H groups in total. The van der Waals surface area contributed by atoms with Crippen molar-refractivity contribution in [1.29, 1.82) is 0 Å². The van der Waals surface area contributed by atoms with Crippen LogP contribution in [0.2, 0.25) is 0 Å². The summed E-state index contributed by atoms with van der Waals surface area (Å²) in [6, 6.07) is 25.2. The van der Waals surface area contributed by atoms with Crippen LogP contribution in [0.15, 0.2) is 72.8 Å². The number of carboxylic acids is 1. The Hall–Kier alpha value is -3.80. The predicted octanol–water partition coefficient (Wildman–Crippen LogP) is 7.20. The molecule has 1 aliphatic rings. The number of rotatable bonds is 13. The van der Waals surface area contributed by atoms with Gasteiger partial charge >= 0.3 is 12.0 Å². The zero-order chi connectivity index (χ0) is 28.7. The fraction of sp³-hybridized carbons (Fsp3) is 0.412. The Morgan fingerprint density at radius 3 is 2.30 bits per heavy atom. The molecule has 0 bridgehead atoms. The molecule has 6 heteroatoms. The smallest absolute Gasteiger partial charge is 0.347 e. The van der Waals surface area contributed by atoms with Gasteiger partial charge < -0.3 is 19.6 Å². The summed E-state index contributed by atoms with van der Waals surface area (Å²) in [4.78, 5) is 28.4. The lowest BCUT2D eigenvalue weighted by Gasteiger charge is -2.24. The first-order valence-corrected chi connectivity index (χ1v) is 14.4. The van der Waals surface area contributed by atoms with Crippen molar-refractivity contribution in [3.63, 3.8) is 0 Å². The second-order valence-corrected chi connectivity index (χ2v) is 11.3. The Morgan fingerprint density at radius 2 is 1.62 bits per heavy atom. The van der Waals surface area contributed by atoms with Crippen LogP contribution in [0.5, 0.6) is 5.75 Å². The largest absolute Gasteiger partial charge is 0.478 e. The normalized spacial score (nSPS) is 15.5. The number of aryl methyl sites for hydroxylation is 2. The summed E-state index contributed by atoms with van der Waals surface area (Å²) in [5.41, 5.74) is 4.50. The third-order valence-corrected chi connectivity index (χ3v) is 7.79. The molecule has 6 nitrogen and oxygen atoms in total. The Bertz CT molecular complexity index is 1290. The van der Waals surface area contributed by atoms with Gasteiger partial charge in [0.25, 0.3) is 0 Å². The summed E-state index contributed by atoms with van der Waals surface area (Å²) < 4.78 is 5.90. The average molecular weight is 543 g/mol. The van der Waals surface area contributed by atoms with Crippen LogP contribution in [0.3, 0.4) is 0 Å². The molecule has 0 spiro atoms. The summed E-state index contributed by atoms with van der Waals surface area (Å²) in [5, 5.41) is 9.48. The summed E-state index contributed by atoms with van der Waals surface area (Å²) >= 11 is 0. The number of nitrogens with zero attached hydrogens (tertiary/aromatic N) is 2. The van der Waals surface area contributed by atoms with Crippen LogP contribution < -0.4 is 4.74 Å². The van der Waals surface area contributed by atoms with Crippen LogP contribution in [0.25, 0.3) is 11.1 Å². The Labute approximate surface area is 238 Å². The van der Waals surface area contributed by atoms with E-state index in [2.05, 4.69) is 49.4 Å². The van der Waals surface area contributed by atoms with E-state index in [1.165, 1.54) is 16.7 Å². The third kappa shape index (κ3) is 7.23. The molecule has 0 saturated carbocycles. The van der Waals surface area contributed by atoms with Gasteiger partial charge in [0.05, 0.1) is 6.04 Å².